The van der Waals surface area contributed by atoms with E-state index in [1.54, 1.807) is 24.3 Å². The molecule has 134 valence electrons. The van der Waals surface area contributed by atoms with E-state index in [2.05, 4.69) is 0 Å². The second kappa shape index (κ2) is 6.64. The van der Waals surface area contributed by atoms with Crippen molar-refractivity contribution in [1.29, 1.82) is 5.41 Å². The minimum Gasteiger partial charge on any atom is -0.289 e. The number of hydrogen-bond acceptors (Lipinski definition) is 2. The maximum Gasteiger partial charge on any atom is 0.335 e. The highest BCUT2D eigenvalue weighted by Gasteiger charge is 2.14. The number of benzene rings is 3. The zero-order chi connectivity index (χ0) is 19.0. The average molecular weight is 363 g/mol. The van der Waals surface area contributed by atoms with Crippen LogP contribution in [-0.4, -0.2) is 9.13 Å². The first-order valence-electron chi connectivity index (χ1n) is 8.34. The summed E-state index contributed by atoms with van der Waals surface area (Å²) in [6.07, 6.45) is 0. The Balaban J connectivity index is 2.06. The standard InChI is InChI=1S/C21H15F2N3O/c22-15-10-16(23)12-17(11-15)26-20(24)18-8-4-5-9-19(18)25(21(26)27)13-14-6-2-1-3-7-14/h1-12,24H,13H2. The molecular weight excluding hydrogens is 348 g/mol. The van der Waals surface area contributed by atoms with Gasteiger partial charge < -0.3 is 0 Å². The third-order valence-corrected chi connectivity index (χ3v) is 4.38. The molecule has 0 radical (unpaired) electrons. The number of halogens is 2. The number of aromatic nitrogens is 2. The summed E-state index contributed by atoms with van der Waals surface area (Å²) in [5.74, 6) is -1.61. The van der Waals surface area contributed by atoms with E-state index < -0.39 is 17.3 Å². The van der Waals surface area contributed by atoms with Crippen molar-refractivity contribution >= 4 is 10.9 Å². The molecule has 0 fully saturated rings. The lowest BCUT2D eigenvalue weighted by Crippen LogP contribution is -2.39. The first kappa shape index (κ1) is 16.9. The zero-order valence-corrected chi connectivity index (χ0v) is 14.2. The lowest BCUT2D eigenvalue weighted by atomic mass is 10.2. The smallest absolute Gasteiger partial charge is 0.289 e. The summed E-state index contributed by atoms with van der Waals surface area (Å²) in [6.45, 7) is 0.276. The lowest BCUT2D eigenvalue weighted by molar-refractivity contribution is 0.579. The van der Waals surface area contributed by atoms with Crippen molar-refractivity contribution < 1.29 is 8.78 Å². The fourth-order valence-electron chi connectivity index (χ4n) is 3.18. The molecule has 4 rings (SSSR count). The molecule has 0 aliphatic rings. The summed E-state index contributed by atoms with van der Waals surface area (Å²) in [6, 6.07) is 19.2. The van der Waals surface area contributed by atoms with Gasteiger partial charge in [0, 0.05) is 11.5 Å². The summed E-state index contributed by atoms with van der Waals surface area (Å²) in [4.78, 5) is 13.2. The van der Waals surface area contributed by atoms with Crippen molar-refractivity contribution in [1.82, 2.24) is 9.13 Å². The van der Waals surface area contributed by atoms with Crippen molar-refractivity contribution in [2.24, 2.45) is 0 Å². The summed E-state index contributed by atoms with van der Waals surface area (Å²) in [5, 5.41) is 8.95. The quantitative estimate of drug-likeness (QED) is 0.594. The molecule has 3 aromatic carbocycles. The Hall–Kier alpha value is -3.54. The van der Waals surface area contributed by atoms with Crippen LogP contribution in [0.4, 0.5) is 8.78 Å². The van der Waals surface area contributed by atoms with E-state index in [4.69, 9.17) is 5.41 Å². The van der Waals surface area contributed by atoms with E-state index in [0.717, 1.165) is 28.3 Å². The van der Waals surface area contributed by atoms with Gasteiger partial charge in [-0.25, -0.2) is 18.1 Å². The molecule has 0 saturated carbocycles. The highest BCUT2D eigenvalue weighted by molar-refractivity contribution is 5.78. The van der Waals surface area contributed by atoms with Crippen LogP contribution in [0.1, 0.15) is 5.56 Å². The molecule has 0 saturated heterocycles. The lowest BCUT2D eigenvalue weighted by Gasteiger charge is -2.15. The molecule has 1 heterocycles. The number of fused-ring (bicyclic) bond motifs is 1. The molecule has 0 aliphatic heterocycles. The molecule has 4 nitrogen and oxygen atoms in total. The van der Waals surface area contributed by atoms with Gasteiger partial charge in [-0.05, 0) is 29.8 Å². The third kappa shape index (κ3) is 3.06. The van der Waals surface area contributed by atoms with Gasteiger partial charge in [-0.1, -0.05) is 42.5 Å². The van der Waals surface area contributed by atoms with Crippen LogP contribution in [0.25, 0.3) is 16.6 Å². The molecule has 0 aliphatic carbocycles. The monoisotopic (exact) mass is 363 g/mol. The van der Waals surface area contributed by atoms with Crippen LogP contribution in [-0.2, 0) is 6.54 Å². The Morgan fingerprint density at radius 1 is 0.852 bits per heavy atom. The molecule has 1 aromatic heterocycles. The highest BCUT2D eigenvalue weighted by Crippen LogP contribution is 2.14. The van der Waals surface area contributed by atoms with Gasteiger partial charge in [-0.3, -0.25) is 9.98 Å². The zero-order valence-electron chi connectivity index (χ0n) is 14.2. The Bertz CT molecular complexity index is 1240. The number of para-hydroxylation sites is 1. The van der Waals surface area contributed by atoms with Crippen molar-refractivity contribution in [3.05, 3.63) is 106 Å². The number of rotatable bonds is 3. The SMILES string of the molecule is N=c1c2ccccc2n(Cc2ccccc2)c(=O)n1-c1cc(F)cc(F)c1. The fourth-order valence-corrected chi connectivity index (χ4v) is 3.18. The Labute approximate surface area is 153 Å². The van der Waals surface area contributed by atoms with Crippen molar-refractivity contribution in [2.75, 3.05) is 0 Å². The topological polar surface area (TPSA) is 50.8 Å². The highest BCUT2D eigenvalue weighted by atomic mass is 19.1. The summed E-state index contributed by atoms with van der Waals surface area (Å²) in [5.41, 5.74) is 0.816. The van der Waals surface area contributed by atoms with Crippen LogP contribution >= 0.6 is 0 Å². The second-order valence-electron chi connectivity index (χ2n) is 6.18. The van der Waals surface area contributed by atoms with Gasteiger partial charge in [-0.15, -0.1) is 0 Å². The Morgan fingerprint density at radius 2 is 1.48 bits per heavy atom. The van der Waals surface area contributed by atoms with Crippen LogP contribution < -0.4 is 11.2 Å². The van der Waals surface area contributed by atoms with Gasteiger partial charge in [-0.2, -0.15) is 0 Å². The van der Waals surface area contributed by atoms with Crippen LogP contribution in [0.2, 0.25) is 0 Å². The largest absolute Gasteiger partial charge is 0.335 e. The number of nitrogens with zero attached hydrogens (tertiary/aromatic N) is 2. The van der Waals surface area contributed by atoms with Gasteiger partial charge in [0.05, 0.1) is 17.7 Å². The molecule has 0 spiro atoms. The summed E-state index contributed by atoms with van der Waals surface area (Å²) < 4.78 is 30.0. The number of hydrogen-bond donors (Lipinski definition) is 1. The molecule has 1 N–H and O–H groups in total. The van der Waals surface area contributed by atoms with E-state index >= 15 is 0 Å². The van der Waals surface area contributed by atoms with Crippen LogP contribution in [0.5, 0.6) is 0 Å². The molecule has 6 heteroatoms. The molecule has 0 atom stereocenters. The third-order valence-electron chi connectivity index (χ3n) is 4.38. The molecule has 27 heavy (non-hydrogen) atoms. The molecule has 0 amide bonds. The Morgan fingerprint density at radius 3 is 2.19 bits per heavy atom. The molecule has 4 aromatic rings. The van der Waals surface area contributed by atoms with E-state index in [9.17, 15) is 13.6 Å². The predicted octanol–water partition coefficient (Wildman–Crippen LogP) is 3.60. The van der Waals surface area contributed by atoms with E-state index in [-0.39, 0.29) is 17.7 Å². The van der Waals surface area contributed by atoms with E-state index in [0.29, 0.717) is 10.9 Å². The second-order valence-corrected chi connectivity index (χ2v) is 6.18. The maximum atomic E-state index is 13.7. The maximum absolute atomic E-state index is 13.7. The molecule has 0 unspecified atom stereocenters. The van der Waals surface area contributed by atoms with E-state index in [1.807, 2.05) is 30.3 Å². The van der Waals surface area contributed by atoms with Gasteiger partial charge in [0.2, 0.25) is 0 Å². The van der Waals surface area contributed by atoms with E-state index in [1.165, 1.54) is 4.57 Å². The first-order valence-corrected chi connectivity index (χ1v) is 8.34. The minimum absolute atomic E-state index is 0.0185. The normalized spacial score (nSPS) is 11.0. The minimum atomic E-state index is -0.806. The van der Waals surface area contributed by atoms with Gasteiger partial charge in [0.15, 0.2) is 0 Å². The summed E-state index contributed by atoms with van der Waals surface area (Å²) in [7, 11) is 0. The van der Waals surface area contributed by atoms with Crippen molar-refractivity contribution in [3.63, 3.8) is 0 Å². The van der Waals surface area contributed by atoms with Gasteiger partial charge >= 0.3 is 5.69 Å². The predicted molar refractivity (Wildman–Crippen MR) is 98.8 cm³/mol. The van der Waals surface area contributed by atoms with Gasteiger partial charge in [0.25, 0.3) is 0 Å². The van der Waals surface area contributed by atoms with Crippen molar-refractivity contribution in [3.8, 4) is 5.69 Å². The number of nitrogens with one attached hydrogen (secondary N) is 1. The molecular formula is C21H15F2N3O. The van der Waals surface area contributed by atoms with Crippen LogP contribution in [0, 0.1) is 17.0 Å². The Kier molecular flexibility index (Phi) is 4.16. The van der Waals surface area contributed by atoms with Crippen LogP contribution in [0.3, 0.4) is 0 Å². The first-order chi connectivity index (χ1) is 13.0. The fraction of sp³-hybridized carbons (Fsp3) is 0.0476. The average Bonchev–Trinajstić information content (AvgIpc) is 2.65. The molecule has 0 bridgehead atoms. The summed E-state index contributed by atoms with van der Waals surface area (Å²) >= 11 is 0. The van der Waals surface area contributed by atoms with Crippen molar-refractivity contribution in [2.45, 2.75) is 6.54 Å². The van der Waals surface area contributed by atoms with Gasteiger partial charge in [0.1, 0.15) is 17.1 Å². The van der Waals surface area contributed by atoms with Crippen LogP contribution in [0.15, 0.2) is 77.6 Å².